The van der Waals surface area contributed by atoms with Crippen LogP contribution in [0.1, 0.15) is 5.56 Å². The van der Waals surface area contributed by atoms with Crippen LogP contribution >= 0.6 is 22.6 Å². The van der Waals surface area contributed by atoms with Gasteiger partial charge in [0.25, 0.3) is 0 Å². The summed E-state index contributed by atoms with van der Waals surface area (Å²) < 4.78 is 78.8. The molecule has 0 spiro atoms. The van der Waals surface area contributed by atoms with E-state index in [1.165, 1.54) is 18.2 Å². The number of rotatable bonds is 3. The number of ether oxygens (including phenoxy) is 1. The molecule has 0 fully saturated rings. The molecule has 0 aliphatic heterocycles. The Morgan fingerprint density at radius 3 is 2.10 bits per heavy atom. The van der Waals surface area contributed by atoms with E-state index < -0.39 is 30.5 Å². The monoisotopic (exact) mass is 428 g/mol. The maximum Gasteiger partial charge on any atom is 0.437 e. The molecular weight excluding hydrogens is 421 g/mol. The van der Waals surface area contributed by atoms with Crippen LogP contribution in [0.25, 0.3) is 0 Å². The minimum absolute atomic E-state index is 0.182. The van der Waals surface area contributed by atoms with E-state index in [4.69, 9.17) is 5.11 Å². The van der Waals surface area contributed by atoms with E-state index in [0.29, 0.717) is 3.57 Å². The maximum atomic E-state index is 12.4. The Balaban J connectivity index is 2.94. The summed E-state index contributed by atoms with van der Waals surface area (Å²) in [5.74, 6) is -2.82. The Kier molecular flexibility index (Phi) is 5.13. The van der Waals surface area contributed by atoms with Gasteiger partial charge in [0.15, 0.2) is 0 Å². The molecule has 0 heterocycles. The zero-order valence-electron chi connectivity index (χ0n) is 9.93. The number of carbonyl (C=O) groups is 1. The predicted octanol–water partition coefficient (Wildman–Crippen LogP) is 3.19. The smallest absolute Gasteiger partial charge is 0.437 e. The second-order valence-corrected chi connectivity index (χ2v) is 5.16. The van der Waals surface area contributed by atoms with Crippen LogP contribution in [0.5, 0.6) is 0 Å². The minimum Gasteiger partial charge on any atom is -0.458 e. The van der Waals surface area contributed by atoms with Crippen molar-refractivity contribution in [2.45, 2.75) is 24.6 Å². The number of esters is 1. The van der Waals surface area contributed by atoms with Gasteiger partial charge in [-0.1, -0.05) is 12.1 Å². The molecule has 0 amide bonds. The van der Waals surface area contributed by atoms with Gasteiger partial charge in [-0.3, -0.25) is 0 Å². The van der Waals surface area contributed by atoms with Crippen LogP contribution in [0.15, 0.2) is 24.3 Å². The second kappa shape index (κ2) is 5.99. The van der Waals surface area contributed by atoms with Crippen molar-refractivity contribution in [3.05, 3.63) is 33.4 Å². The lowest BCUT2D eigenvalue weighted by Crippen LogP contribution is -2.62. The lowest BCUT2D eigenvalue weighted by atomic mass is 10.0. The molecule has 0 aromatic heterocycles. The van der Waals surface area contributed by atoms with Gasteiger partial charge < -0.3 is 9.84 Å². The molecule has 0 saturated heterocycles. The fourth-order valence-corrected chi connectivity index (χ4v) is 1.88. The zero-order chi connectivity index (χ0) is 16.5. The van der Waals surface area contributed by atoms with E-state index in [0.717, 1.165) is 0 Å². The first-order valence-electron chi connectivity index (χ1n) is 5.17. The maximum absolute atomic E-state index is 12.4. The van der Waals surface area contributed by atoms with Crippen LogP contribution in [-0.2, 0) is 16.1 Å². The lowest BCUT2D eigenvalue weighted by molar-refractivity contribution is -0.357. The van der Waals surface area contributed by atoms with Crippen LogP contribution < -0.4 is 0 Å². The molecule has 0 bridgehead atoms. The number of aliphatic hydroxyl groups is 1. The van der Waals surface area contributed by atoms with Crippen LogP contribution in [-0.4, -0.2) is 29.0 Å². The summed E-state index contributed by atoms with van der Waals surface area (Å²) in [6.07, 6.45) is -12.5. The van der Waals surface area contributed by atoms with Crippen molar-refractivity contribution in [2.75, 3.05) is 0 Å². The standard InChI is InChI=1S/C11H7F6IO3/c12-10(13,14)9(20,11(15,16)17)8(19)21-5-6-2-1-3-7(18)4-6/h1-4,20H,5H2. The SMILES string of the molecule is O=C(OCc1cccc(I)c1)C(O)(C(F)(F)F)C(F)(F)F. The van der Waals surface area contributed by atoms with E-state index in [2.05, 4.69) is 4.74 Å². The predicted molar refractivity (Wildman–Crippen MR) is 66.0 cm³/mol. The van der Waals surface area contributed by atoms with Crippen molar-refractivity contribution in [3.63, 3.8) is 0 Å². The van der Waals surface area contributed by atoms with E-state index in [-0.39, 0.29) is 5.56 Å². The molecule has 10 heteroatoms. The molecule has 1 N–H and O–H groups in total. The van der Waals surface area contributed by atoms with Crippen LogP contribution in [0.2, 0.25) is 0 Å². The molecule has 0 saturated carbocycles. The van der Waals surface area contributed by atoms with Crippen LogP contribution in [0.3, 0.4) is 0 Å². The van der Waals surface area contributed by atoms with Crippen molar-refractivity contribution < 1.29 is 41.0 Å². The van der Waals surface area contributed by atoms with Gasteiger partial charge in [-0.15, -0.1) is 0 Å². The summed E-state index contributed by atoms with van der Waals surface area (Å²) in [5.41, 5.74) is -5.37. The summed E-state index contributed by atoms with van der Waals surface area (Å²) in [5, 5.41) is 8.76. The summed E-state index contributed by atoms with van der Waals surface area (Å²) in [6, 6.07) is 5.84. The summed E-state index contributed by atoms with van der Waals surface area (Å²) in [4.78, 5) is 11.1. The Bertz CT molecular complexity index is 511. The van der Waals surface area contributed by atoms with Gasteiger partial charge in [0.05, 0.1) is 0 Å². The lowest BCUT2D eigenvalue weighted by Gasteiger charge is -2.29. The number of hydrogen-bond acceptors (Lipinski definition) is 3. The van der Waals surface area contributed by atoms with Gasteiger partial charge in [0.1, 0.15) is 6.61 Å². The Hall–Kier alpha value is -1.04. The van der Waals surface area contributed by atoms with Gasteiger partial charge in [0, 0.05) is 3.57 Å². The number of alkyl halides is 6. The summed E-state index contributed by atoms with van der Waals surface area (Å²) in [6.45, 7) is -0.829. The second-order valence-electron chi connectivity index (χ2n) is 3.91. The molecule has 21 heavy (non-hydrogen) atoms. The van der Waals surface area contributed by atoms with Gasteiger partial charge in [-0.05, 0) is 40.3 Å². The molecule has 1 aromatic carbocycles. The van der Waals surface area contributed by atoms with Gasteiger partial charge >= 0.3 is 23.9 Å². The molecule has 0 aliphatic rings. The van der Waals surface area contributed by atoms with Gasteiger partial charge in [-0.25, -0.2) is 4.79 Å². The Morgan fingerprint density at radius 2 is 1.67 bits per heavy atom. The molecule has 3 nitrogen and oxygen atoms in total. The molecule has 0 aliphatic carbocycles. The molecule has 0 unspecified atom stereocenters. The molecule has 1 aromatic rings. The number of halogens is 7. The quantitative estimate of drug-likeness (QED) is 0.457. The molecule has 0 radical (unpaired) electrons. The van der Waals surface area contributed by atoms with Crippen molar-refractivity contribution in [2.24, 2.45) is 0 Å². The third kappa shape index (κ3) is 3.78. The molecule has 1 rings (SSSR count). The fraction of sp³-hybridized carbons (Fsp3) is 0.364. The van der Waals surface area contributed by atoms with Crippen LogP contribution in [0.4, 0.5) is 26.3 Å². The van der Waals surface area contributed by atoms with Crippen molar-refractivity contribution in [3.8, 4) is 0 Å². The normalized spacial score (nSPS) is 13.1. The van der Waals surface area contributed by atoms with E-state index in [9.17, 15) is 31.1 Å². The summed E-state index contributed by atoms with van der Waals surface area (Å²) in [7, 11) is 0. The third-order valence-corrected chi connectivity index (χ3v) is 3.05. The van der Waals surface area contributed by atoms with Crippen molar-refractivity contribution in [1.29, 1.82) is 0 Å². The van der Waals surface area contributed by atoms with Gasteiger partial charge in [-0.2, -0.15) is 26.3 Å². The minimum atomic E-state index is -6.24. The third-order valence-electron chi connectivity index (χ3n) is 2.37. The van der Waals surface area contributed by atoms with Crippen LogP contribution in [0, 0.1) is 3.57 Å². The fourth-order valence-electron chi connectivity index (χ4n) is 1.27. The Morgan fingerprint density at radius 1 is 1.14 bits per heavy atom. The topological polar surface area (TPSA) is 46.5 Å². The molecular formula is C11H7F6IO3. The average Bonchev–Trinajstić information content (AvgIpc) is 2.32. The van der Waals surface area contributed by atoms with Gasteiger partial charge in [0.2, 0.25) is 0 Å². The number of benzene rings is 1. The first-order chi connectivity index (χ1) is 9.39. The highest BCUT2D eigenvalue weighted by atomic mass is 127. The molecule has 118 valence electrons. The largest absolute Gasteiger partial charge is 0.458 e. The highest BCUT2D eigenvalue weighted by Crippen LogP contribution is 2.43. The highest BCUT2D eigenvalue weighted by molar-refractivity contribution is 14.1. The highest BCUT2D eigenvalue weighted by Gasteiger charge is 2.76. The first kappa shape index (κ1) is 18.0. The zero-order valence-corrected chi connectivity index (χ0v) is 12.1. The van der Waals surface area contributed by atoms with Crippen molar-refractivity contribution in [1.82, 2.24) is 0 Å². The Labute approximate surface area is 128 Å². The van der Waals surface area contributed by atoms with E-state index in [1.807, 2.05) is 22.6 Å². The van der Waals surface area contributed by atoms with E-state index in [1.54, 1.807) is 6.07 Å². The van der Waals surface area contributed by atoms with E-state index >= 15 is 0 Å². The van der Waals surface area contributed by atoms with Crippen molar-refractivity contribution >= 4 is 28.6 Å². The first-order valence-corrected chi connectivity index (χ1v) is 6.25. The number of hydrogen-bond donors (Lipinski definition) is 1. The summed E-state index contributed by atoms with van der Waals surface area (Å²) >= 11 is 1.85. The molecule has 0 atom stereocenters. The number of carbonyl (C=O) groups excluding carboxylic acids is 1. The average molecular weight is 428 g/mol.